The van der Waals surface area contributed by atoms with Gasteiger partial charge in [0.15, 0.2) is 0 Å². The molecule has 1 aromatic rings. The molecule has 1 aromatic carbocycles. The van der Waals surface area contributed by atoms with E-state index >= 15 is 0 Å². The Kier molecular flexibility index (Phi) is 3.42. The molecule has 86 valence electrons. The van der Waals surface area contributed by atoms with Crippen LogP contribution in [0.3, 0.4) is 0 Å². The normalized spacial score (nSPS) is 20.7. The number of hydrogen-bond acceptors (Lipinski definition) is 1. The second-order valence-corrected chi connectivity index (χ2v) is 5.25. The van der Waals surface area contributed by atoms with Crippen molar-refractivity contribution in [2.75, 3.05) is 0 Å². The largest absolute Gasteiger partial charge is 0.299 e. The fourth-order valence-electron chi connectivity index (χ4n) is 2.58. The molecule has 0 amide bonds. The van der Waals surface area contributed by atoms with Gasteiger partial charge >= 0.3 is 0 Å². The minimum absolute atomic E-state index is 0.187. The molecular formula is C15H20O. The maximum atomic E-state index is 11.7. The van der Waals surface area contributed by atoms with E-state index in [1.807, 2.05) is 0 Å². The van der Waals surface area contributed by atoms with Gasteiger partial charge in [-0.1, -0.05) is 38.1 Å². The van der Waals surface area contributed by atoms with Gasteiger partial charge in [-0.2, -0.15) is 0 Å². The molecule has 0 radical (unpaired) electrons. The second kappa shape index (κ2) is 4.82. The summed E-state index contributed by atoms with van der Waals surface area (Å²) in [5.41, 5.74) is 2.60. The number of rotatable bonds is 3. The van der Waals surface area contributed by atoms with E-state index < -0.39 is 0 Å². The highest BCUT2D eigenvalue weighted by molar-refractivity contribution is 5.87. The third kappa shape index (κ3) is 2.52. The Labute approximate surface area is 97.9 Å². The molecule has 1 aliphatic carbocycles. The van der Waals surface area contributed by atoms with Crippen LogP contribution < -0.4 is 0 Å². The lowest BCUT2D eigenvalue weighted by Gasteiger charge is -2.11. The van der Waals surface area contributed by atoms with Crippen molar-refractivity contribution in [3.05, 3.63) is 35.4 Å². The first-order valence-corrected chi connectivity index (χ1v) is 6.28. The lowest BCUT2D eigenvalue weighted by Crippen LogP contribution is -2.05. The smallest absolute Gasteiger partial charge is 0.140 e. The van der Waals surface area contributed by atoms with Crippen LogP contribution in [0.2, 0.25) is 0 Å². The predicted molar refractivity (Wildman–Crippen MR) is 66.6 cm³/mol. The molecule has 0 aromatic heterocycles. The van der Waals surface area contributed by atoms with Crippen LogP contribution in [0.25, 0.3) is 0 Å². The Morgan fingerprint density at radius 3 is 2.81 bits per heavy atom. The maximum Gasteiger partial charge on any atom is 0.140 e. The van der Waals surface area contributed by atoms with E-state index in [1.54, 1.807) is 0 Å². The molecule has 1 heteroatoms. The first kappa shape index (κ1) is 11.4. The summed E-state index contributed by atoms with van der Waals surface area (Å²) < 4.78 is 0. The molecule has 0 heterocycles. The van der Waals surface area contributed by atoms with Gasteiger partial charge in [0.25, 0.3) is 0 Å². The molecule has 0 saturated heterocycles. The van der Waals surface area contributed by atoms with Crippen LogP contribution >= 0.6 is 0 Å². The predicted octanol–water partition coefficient (Wildman–Crippen LogP) is 3.72. The standard InChI is InChI=1S/C15H20O/c1-11(2)9-12-5-3-6-13(10-12)14-7-4-8-15(14)16/h3,5-6,10-11,14H,4,7-9H2,1-2H3. The van der Waals surface area contributed by atoms with Crippen LogP contribution in [0.4, 0.5) is 0 Å². The highest BCUT2D eigenvalue weighted by Gasteiger charge is 2.25. The summed E-state index contributed by atoms with van der Waals surface area (Å²) in [7, 11) is 0. The first-order chi connectivity index (χ1) is 7.66. The summed E-state index contributed by atoms with van der Waals surface area (Å²) in [6.07, 6.45) is 4.00. The van der Waals surface area contributed by atoms with Crippen LogP contribution in [-0.4, -0.2) is 5.78 Å². The van der Waals surface area contributed by atoms with Crippen molar-refractivity contribution in [2.24, 2.45) is 5.92 Å². The Balaban J connectivity index is 2.18. The minimum Gasteiger partial charge on any atom is -0.299 e. The zero-order valence-electron chi connectivity index (χ0n) is 10.2. The molecule has 0 aliphatic heterocycles. The van der Waals surface area contributed by atoms with Crippen LogP contribution in [0, 0.1) is 5.92 Å². The summed E-state index contributed by atoms with van der Waals surface area (Å²) in [4.78, 5) is 11.7. The number of hydrogen-bond donors (Lipinski definition) is 0. The van der Waals surface area contributed by atoms with Gasteiger partial charge in [-0.15, -0.1) is 0 Å². The van der Waals surface area contributed by atoms with Gasteiger partial charge in [-0.05, 0) is 36.3 Å². The van der Waals surface area contributed by atoms with Crippen molar-refractivity contribution in [3.63, 3.8) is 0 Å². The molecule has 1 saturated carbocycles. The van der Waals surface area contributed by atoms with Crippen LogP contribution in [-0.2, 0) is 11.2 Å². The quantitative estimate of drug-likeness (QED) is 0.752. The fourth-order valence-corrected chi connectivity index (χ4v) is 2.58. The van der Waals surface area contributed by atoms with Crippen molar-refractivity contribution in [1.82, 2.24) is 0 Å². The monoisotopic (exact) mass is 216 g/mol. The van der Waals surface area contributed by atoms with E-state index in [0.29, 0.717) is 11.7 Å². The number of Topliss-reactive ketones (excluding diaryl/α,β-unsaturated/α-hetero) is 1. The average molecular weight is 216 g/mol. The first-order valence-electron chi connectivity index (χ1n) is 6.28. The number of ketones is 1. The molecule has 16 heavy (non-hydrogen) atoms. The zero-order chi connectivity index (χ0) is 11.5. The zero-order valence-corrected chi connectivity index (χ0v) is 10.2. The molecule has 1 unspecified atom stereocenters. The molecule has 1 fully saturated rings. The molecule has 0 spiro atoms. The van der Waals surface area contributed by atoms with Gasteiger partial charge < -0.3 is 0 Å². The van der Waals surface area contributed by atoms with Gasteiger partial charge in [0.2, 0.25) is 0 Å². The molecule has 0 N–H and O–H groups in total. The topological polar surface area (TPSA) is 17.1 Å². The van der Waals surface area contributed by atoms with Crippen LogP contribution in [0.15, 0.2) is 24.3 Å². The summed E-state index contributed by atoms with van der Waals surface area (Å²) in [5, 5.41) is 0. The van der Waals surface area contributed by atoms with E-state index in [0.717, 1.165) is 25.7 Å². The summed E-state index contributed by atoms with van der Waals surface area (Å²) >= 11 is 0. The Hall–Kier alpha value is -1.11. The Morgan fingerprint density at radius 2 is 2.19 bits per heavy atom. The lowest BCUT2D eigenvalue weighted by atomic mass is 9.93. The second-order valence-electron chi connectivity index (χ2n) is 5.25. The molecule has 1 nitrogen and oxygen atoms in total. The molecular weight excluding hydrogens is 196 g/mol. The molecule has 1 atom stereocenters. The summed E-state index contributed by atoms with van der Waals surface area (Å²) in [6, 6.07) is 8.60. The van der Waals surface area contributed by atoms with Crippen molar-refractivity contribution >= 4 is 5.78 Å². The van der Waals surface area contributed by atoms with Crippen molar-refractivity contribution in [3.8, 4) is 0 Å². The van der Waals surface area contributed by atoms with E-state index in [9.17, 15) is 4.79 Å². The Bertz CT molecular complexity index is 379. The summed E-state index contributed by atoms with van der Waals surface area (Å²) in [6.45, 7) is 4.46. The molecule has 0 bridgehead atoms. The highest BCUT2D eigenvalue weighted by atomic mass is 16.1. The highest BCUT2D eigenvalue weighted by Crippen LogP contribution is 2.31. The third-order valence-corrected chi connectivity index (χ3v) is 3.30. The van der Waals surface area contributed by atoms with E-state index in [-0.39, 0.29) is 5.92 Å². The number of carbonyl (C=O) groups excluding carboxylic acids is 1. The number of benzene rings is 1. The van der Waals surface area contributed by atoms with Gasteiger partial charge in [0.05, 0.1) is 0 Å². The van der Waals surface area contributed by atoms with Gasteiger partial charge in [-0.3, -0.25) is 4.79 Å². The molecule has 1 aliphatic rings. The van der Waals surface area contributed by atoms with Crippen LogP contribution in [0.5, 0.6) is 0 Å². The SMILES string of the molecule is CC(C)Cc1cccc(C2CCCC2=O)c1. The Morgan fingerprint density at radius 1 is 1.38 bits per heavy atom. The number of carbonyl (C=O) groups is 1. The van der Waals surface area contributed by atoms with Gasteiger partial charge in [0.1, 0.15) is 5.78 Å². The van der Waals surface area contributed by atoms with Crippen LogP contribution in [0.1, 0.15) is 50.2 Å². The average Bonchev–Trinajstić information content (AvgIpc) is 2.64. The summed E-state index contributed by atoms with van der Waals surface area (Å²) in [5.74, 6) is 1.29. The van der Waals surface area contributed by atoms with Crippen molar-refractivity contribution in [1.29, 1.82) is 0 Å². The van der Waals surface area contributed by atoms with E-state index in [1.165, 1.54) is 11.1 Å². The molecule has 2 rings (SSSR count). The van der Waals surface area contributed by atoms with Gasteiger partial charge in [0, 0.05) is 12.3 Å². The lowest BCUT2D eigenvalue weighted by molar-refractivity contribution is -0.118. The van der Waals surface area contributed by atoms with E-state index in [4.69, 9.17) is 0 Å². The van der Waals surface area contributed by atoms with Gasteiger partial charge in [-0.25, -0.2) is 0 Å². The van der Waals surface area contributed by atoms with Crippen molar-refractivity contribution < 1.29 is 4.79 Å². The minimum atomic E-state index is 0.187. The third-order valence-electron chi connectivity index (χ3n) is 3.30. The van der Waals surface area contributed by atoms with Crippen molar-refractivity contribution in [2.45, 2.75) is 45.4 Å². The maximum absolute atomic E-state index is 11.7. The fraction of sp³-hybridized carbons (Fsp3) is 0.533. The van der Waals surface area contributed by atoms with E-state index in [2.05, 4.69) is 38.1 Å².